The number of hydrogen-bond donors (Lipinski definition) is 1. The Bertz CT molecular complexity index is 796. The smallest absolute Gasteiger partial charge is 0.317 e. The quantitative estimate of drug-likeness (QED) is 0.502. The topological polar surface area (TPSA) is 44.8 Å². The van der Waals surface area contributed by atoms with E-state index in [2.05, 4.69) is 68.6 Å². The van der Waals surface area contributed by atoms with Crippen LogP contribution in [0, 0.1) is 11.8 Å². The molecule has 1 aliphatic rings. The van der Waals surface area contributed by atoms with Crippen molar-refractivity contribution in [3.8, 4) is 17.6 Å². The maximum Gasteiger partial charge on any atom is 0.317 e. The largest absolute Gasteiger partial charge is 0.497 e. The van der Waals surface area contributed by atoms with Crippen LogP contribution in [0.25, 0.3) is 0 Å². The molecule has 0 bridgehead atoms. The van der Waals surface area contributed by atoms with E-state index in [1.54, 1.807) is 31.9 Å². The minimum atomic E-state index is 0.00812. The van der Waals surface area contributed by atoms with Gasteiger partial charge in [0.25, 0.3) is 0 Å². The van der Waals surface area contributed by atoms with Crippen LogP contribution in [0.4, 0.5) is 4.79 Å². The number of nitrogens with one attached hydrogen (secondary N) is 1. The summed E-state index contributed by atoms with van der Waals surface area (Å²) in [7, 11) is 3.81. The molecule has 6 heteroatoms. The van der Waals surface area contributed by atoms with Crippen molar-refractivity contribution in [1.82, 2.24) is 15.1 Å². The molecule has 0 saturated carbocycles. The number of nitrogens with zero attached hydrogens (tertiary/aromatic N) is 2. The lowest BCUT2D eigenvalue weighted by molar-refractivity contribution is 0.199. The van der Waals surface area contributed by atoms with Gasteiger partial charge in [-0.25, -0.2) is 4.79 Å². The molecule has 0 aromatic heterocycles. The van der Waals surface area contributed by atoms with Crippen molar-refractivity contribution in [3.63, 3.8) is 0 Å². The van der Waals surface area contributed by atoms with Crippen molar-refractivity contribution in [1.29, 1.82) is 0 Å². The number of allylic oxidation sites excluding steroid dienone is 3. The number of ether oxygens (including phenoxy) is 1. The molecule has 1 aromatic carbocycles. The van der Waals surface area contributed by atoms with Crippen molar-refractivity contribution >= 4 is 17.8 Å². The normalized spacial score (nSPS) is 12.2. The third-order valence-electron chi connectivity index (χ3n) is 4.85. The van der Waals surface area contributed by atoms with Gasteiger partial charge in [0.1, 0.15) is 5.75 Å². The summed E-state index contributed by atoms with van der Waals surface area (Å²) in [6.07, 6.45) is 6.14. The predicted octanol–water partition coefficient (Wildman–Crippen LogP) is 6.17. The molecule has 0 radical (unpaired) electrons. The van der Waals surface area contributed by atoms with Gasteiger partial charge < -0.3 is 19.9 Å². The molecule has 33 heavy (non-hydrogen) atoms. The molecule has 0 aliphatic carbocycles. The summed E-state index contributed by atoms with van der Waals surface area (Å²) in [5.74, 6) is 7.04. The number of thioether (sulfide) groups is 1. The first-order chi connectivity index (χ1) is 15.9. The molecule has 1 aliphatic heterocycles. The summed E-state index contributed by atoms with van der Waals surface area (Å²) >= 11 is 1.79. The van der Waals surface area contributed by atoms with Crippen LogP contribution in [0.2, 0.25) is 0 Å². The highest BCUT2D eigenvalue weighted by Crippen LogP contribution is 2.30. The Morgan fingerprint density at radius 3 is 2.58 bits per heavy atom. The Labute approximate surface area is 206 Å². The van der Waals surface area contributed by atoms with Crippen LogP contribution >= 0.6 is 11.8 Å². The van der Waals surface area contributed by atoms with E-state index < -0.39 is 0 Å². The van der Waals surface area contributed by atoms with Crippen LogP contribution in [0.15, 0.2) is 47.5 Å². The number of rotatable bonds is 6. The molecule has 0 saturated heterocycles. The first-order valence-corrected chi connectivity index (χ1v) is 12.6. The highest BCUT2D eigenvalue weighted by Gasteiger charge is 2.19. The van der Waals surface area contributed by atoms with E-state index in [4.69, 9.17) is 4.74 Å². The SMILES string of the molecule is C/C=C(\CC)N(C)CCC.C=CC#CC.CCNC(=O)N1CCSc2ccc(OC)cc2C1. The van der Waals surface area contributed by atoms with Gasteiger partial charge in [-0.1, -0.05) is 32.4 Å². The second-order valence-corrected chi connectivity index (χ2v) is 8.37. The Morgan fingerprint density at radius 1 is 1.36 bits per heavy atom. The molecule has 2 rings (SSSR count). The van der Waals surface area contributed by atoms with E-state index in [1.165, 1.54) is 23.6 Å². The number of hydrogen-bond acceptors (Lipinski definition) is 4. The van der Waals surface area contributed by atoms with Gasteiger partial charge in [0.15, 0.2) is 0 Å². The van der Waals surface area contributed by atoms with E-state index in [0.717, 1.165) is 30.0 Å². The molecular weight excluding hydrogens is 430 g/mol. The fourth-order valence-electron chi connectivity index (χ4n) is 3.21. The molecule has 1 heterocycles. The zero-order valence-corrected chi connectivity index (χ0v) is 22.5. The van der Waals surface area contributed by atoms with Gasteiger partial charge in [-0.3, -0.25) is 0 Å². The number of fused-ring (bicyclic) bond motifs is 1. The van der Waals surface area contributed by atoms with Crippen LogP contribution in [0.5, 0.6) is 5.75 Å². The molecule has 0 atom stereocenters. The summed E-state index contributed by atoms with van der Waals surface area (Å²) in [6, 6.07) is 6.06. The van der Waals surface area contributed by atoms with Crippen LogP contribution < -0.4 is 10.1 Å². The molecule has 0 unspecified atom stereocenters. The Kier molecular flexibility index (Phi) is 17.5. The van der Waals surface area contributed by atoms with E-state index in [9.17, 15) is 4.79 Å². The predicted molar refractivity (Wildman–Crippen MR) is 144 cm³/mol. The number of urea groups is 1. The summed E-state index contributed by atoms with van der Waals surface area (Å²) in [4.78, 5) is 17.3. The summed E-state index contributed by atoms with van der Waals surface area (Å²) < 4.78 is 5.24. The molecule has 0 spiro atoms. The van der Waals surface area contributed by atoms with Gasteiger partial charge >= 0.3 is 6.03 Å². The van der Waals surface area contributed by atoms with Crippen molar-refractivity contribution < 1.29 is 9.53 Å². The van der Waals surface area contributed by atoms with Gasteiger partial charge in [0, 0.05) is 49.6 Å². The first-order valence-electron chi connectivity index (χ1n) is 11.6. The molecule has 0 fully saturated rings. The number of carbonyl (C=O) groups excluding carboxylic acids is 1. The zero-order chi connectivity index (χ0) is 25.1. The lowest BCUT2D eigenvalue weighted by Crippen LogP contribution is -2.40. The summed E-state index contributed by atoms with van der Waals surface area (Å²) in [5.41, 5.74) is 2.60. The summed E-state index contributed by atoms with van der Waals surface area (Å²) in [6.45, 7) is 16.8. The number of benzene rings is 1. The number of methoxy groups -OCH3 is 1. The van der Waals surface area contributed by atoms with Gasteiger partial charge in [0.2, 0.25) is 0 Å². The Balaban J connectivity index is 0.000000576. The van der Waals surface area contributed by atoms with Crippen LogP contribution in [0.1, 0.15) is 53.0 Å². The Hall–Kier alpha value is -2.52. The van der Waals surface area contributed by atoms with Crippen molar-refractivity contribution in [2.75, 3.05) is 39.5 Å². The first kappa shape index (κ1) is 30.5. The van der Waals surface area contributed by atoms with Crippen LogP contribution in [-0.4, -0.2) is 55.4 Å². The van der Waals surface area contributed by atoms with E-state index in [1.807, 2.05) is 24.0 Å². The maximum atomic E-state index is 11.9. The average molecular weight is 474 g/mol. The molecule has 2 amide bonds. The maximum absolute atomic E-state index is 11.9. The van der Waals surface area contributed by atoms with E-state index in [0.29, 0.717) is 13.1 Å². The lowest BCUT2D eigenvalue weighted by atomic mass is 10.2. The van der Waals surface area contributed by atoms with Gasteiger partial charge in [0.05, 0.1) is 7.11 Å². The molecular formula is C27H43N3O2S. The van der Waals surface area contributed by atoms with Crippen molar-refractivity contribution in [2.24, 2.45) is 0 Å². The Morgan fingerprint density at radius 2 is 2.09 bits per heavy atom. The fraction of sp³-hybridized carbons (Fsp3) is 0.519. The van der Waals surface area contributed by atoms with Gasteiger partial charge in [-0.05, 0) is 63.5 Å². The zero-order valence-electron chi connectivity index (χ0n) is 21.7. The molecule has 1 aromatic rings. The van der Waals surface area contributed by atoms with E-state index in [-0.39, 0.29) is 6.03 Å². The second-order valence-electron chi connectivity index (χ2n) is 7.23. The standard InChI is InChI=1S/C13H18N2O2S.C9H19N.C5H6/c1-3-14-13(16)15-6-7-18-12-5-4-11(17-2)8-10(12)9-15;1-5-8-10(4)9(6-2)7-3;1-3-5-4-2/h4-5,8H,3,6-7,9H2,1-2H3,(H,14,16);6H,5,7-8H2,1-4H3;3H,1H2,2H3/b;9-6+;. The highest BCUT2D eigenvalue weighted by molar-refractivity contribution is 7.99. The molecule has 5 nitrogen and oxygen atoms in total. The van der Waals surface area contributed by atoms with Gasteiger partial charge in [-0.2, -0.15) is 0 Å². The third-order valence-corrected chi connectivity index (χ3v) is 5.95. The van der Waals surface area contributed by atoms with Crippen LogP contribution in [0.3, 0.4) is 0 Å². The number of carbonyl (C=O) groups is 1. The highest BCUT2D eigenvalue weighted by atomic mass is 32.2. The second kappa shape index (κ2) is 19.0. The van der Waals surface area contributed by atoms with Crippen LogP contribution in [-0.2, 0) is 6.54 Å². The molecule has 1 N–H and O–H groups in total. The van der Waals surface area contributed by atoms with Gasteiger partial charge in [-0.15, -0.1) is 17.7 Å². The van der Waals surface area contributed by atoms with Crippen molar-refractivity contribution in [2.45, 2.75) is 58.9 Å². The minimum Gasteiger partial charge on any atom is -0.497 e. The third kappa shape index (κ3) is 12.3. The monoisotopic (exact) mass is 473 g/mol. The summed E-state index contributed by atoms with van der Waals surface area (Å²) in [5, 5.41) is 2.85. The fourth-order valence-corrected chi connectivity index (χ4v) is 4.21. The van der Waals surface area contributed by atoms with E-state index >= 15 is 0 Å². The lowest BCUT2D eigenvalue weighted by Gasteiger charge is -2.20. The van der Waals surface area contributed by atoms with Crippen molar-refractivity contribution in [3.05, 3.63) is 48.2 Å². The average Bonchev–Trinajstić information content (AvgIpc) is 3.03. The number of amides is 2. The minimum absolute atomic E-state index is 0.00812. The molecule has 184 valence electrons.